The highest BCUT2D eigenvalue weighted by Crippen LogP contribution is 2.32. The van der Waals surface area contributed by atoms with Gasteiger partial charge in [-0.3, -0.25) is 24.6 Å². The Hall–Kier alpha value is -3.30. The maximum Gasteiger partial charge on any atom is 0.255 e. The van der Waals surface area contributed by atoms with E-state index in [0.29, 0.717) is 22.4 Å². The van der Waals surface area contributed by atoms with Crippen LogP contribution in [-0.4, -0.2) is 58.7 Å². The quantitative estimate of drug-likeness (QED) is 0.593. The molecule has 190 valence electrons. The molecule has 3 heterocycles. The van der Waals surface area contributed by atoms with E-state index in [1.54, 1.807) is 18.2 Å². The van der Waals surface area contributed by atoms with Crippen molar-refractivity contribution in [1.82, 2.24) is 15.1 Å². The summed E-state index contributed by atoms with van der Waals surface area (Å²) < 4.78 is 70.5. The average Bonchev–Trinajstić information content (AvgIpc) is 3.22. The molecule has 36 heavy (non-hydrogen) atoms. The van der Waals surface area contributed by atoms with E-state index in [-0.39, 0.29) is 49.9 Å². The largest absolute Gasteiger partial charge is 0.381 e. The second-order valence-electron chi connectivity index (χ2n) is 9.04. The zero-order valence-electron chi connectivity index (χ0n) is 26.0. The Morgan fingerprint density at radius 1 is 1.19 bits per heavy atom. The SMILES string of the molecule is [2H]C1(C)OC([2H])(C)C([2H])([2H])N(Cc2ccc(F)c(CNc3cccc4c3CN(C3CCC(=O)NC3=O)C4=O)c2)C1([2H])[2H]. The molecule has 2 aromatic carbocycles. The third-order valence-corrected chi connectivity index (χ3v) is 6.39. The summed E-state index contributed by atoms with van der Waals surface area (Å²) in [6, 6.07) is 8.28. The van der Waals surface area contributed by atoms with Crippen molar-refractivity contribution in [3.05, 3.63) is 64.5 Å². The topological polar surface area (TPSA) is 91.0 Å². The zero-order chi connectivity index (χ0) is 30.8. The van der Waals surface area contributed by atoms with Crippen LogP contribution in [0.25, 0.3) is 0 Å². The van der Waals surface area contributed by atoms with Gasteiger partial charge in [0, 0.05) is 66.9 Å². The Balaban J connectivity index is 1.36. The van der Waals surface area contributed by atoms with Crippen LogP contribution >= 0.6 is 0 Å². The van der Waals surface area contributed by atoms with Crippen molar-refractivity contribution >= 4 is 23.4 Å². The highest BCUT2D eigenvalue weighted by atomic mass is 19.1. The predicted octanol–water partition coefficient (Wildman–Crippen LogP) is 2.81. The van der Waals surface area contributed by atoms with Crippen molar-refractivity contribution in [2.24, 2.45) is 0 Å². The summed E-state index contributed by atoms with van der Waals surface area (Å²) in [7, 11) is 0. The molecule has 2 aromatic rings. The molecule has 2 N–H and O–H groups in total. The van der Waals surface area contributed by atoms with E-state index in [0.717, 1.165) is 18.7 Å². The van der Waals surface area contributed by atoms with Gasteiger partial charge in [-0.15, -0.1) is 0 Å². The number of rotatable bonds is 6. The lowest BCUT2D eigenvalue weighted by Crippen LogP contribution is -2.52. The van der Waals surface area contributed by atoms with E-state index in [1.165, 1.54) is 23.1 Å². The van der Waals surface area contributed by atoms with Gasteiger partial charge in [0.25, 0.3) is 5.91 Å². The van der Waals surface area contributed by atoms with Gasteiger partial charge in [0.15, 0.2) is 0 Å². The molecular formula is C27H31FN4O4. The van der Waals surface area contributed by atoms with Crippen LogP contribution in [0, 0.1) is 5.82 Å². The molecular weight excluding hydrogens is 463 g/mol. The number of carbonyl (C=O) groups excluding carboxylic acids is 3. The van der Waals surface area contributed by atoms with E-state index in [4.69, 9.17) is 13.0 Å². The normalized spacial score (nSPS) is 33.9. The van der Waals surface area contributed by atoms with Crippen molar-refractivity contribution in [1.29, 1.82) is 0 Å². The minimum absolute atomic E-state index is 0.0298. The summed E-state index contributed by atoms with van der Waals surface area (Å²) in [4.78, 5) is 39.2. The number of hydrogen-bond acceptors (Lipinski definition) is 6. The van der Waals surface area contributed by atoms with Crippen LogP contribution in [0.2, 0.25) is 0 Å². The fourth-order valence-electron chi connectivity index (χ4n) is 4.75. The predicted molar refractivity (Wildman–Crippen MR) is 131 cm³/mol. The standard InChI is InChI=1S/C27H31FN4O4/c1-16-12-31(13-17(2)36-16)14-18-6-7-22(28)19(10-18)11-29-23-5-3-4-20-21(23)15-32(27(20)35)24-8-9-25(33)30-26(24)34/h3-7,10,16-17,24,29H,8-9,11-15H2,1-2H3,(H,30,33,34)/i12D2,13D2,16D,17D. The first-order valence-corrected chi connectivity index (χ1v) is 11.7. The van der Waals surface area contributed by atoms with Gasteiger partial charge in [0.1, 0.15) is 11.9 Å². The second-order valence-corrected chi connectivity index (χ2v) is 9.04. The number of carbonyl (C=O) groups is 3. The summed E-state index contributed by atoms with van der Waals surface area (Å²) in [5, 5.41) is 5.41. The number of imide groups is 1. The summed E-state index contributed by atoms with van der Waals surface area (Å²) in [5.74, 6) is -1.81. The average molecular weight is 501 g/mol. The molecule has 0 saturated carbocycles. The van der Waals surface area contributed by atoms with E-state index >= 15 is 0 Å². The highest BCUT2D eigenvalue weighted by molar-refractivity contribution is 6.06. The van der Waals surface area contributed by atoms with Crippen LogP contribution in [0.1, 0.15) is 62.0 Å². The molecule has 0 radical (unpaired) electrons. The van der Waals surface area contributed by atoms with Crippen LogP contribution in [0.15, 0.2) is 36.4 Å². The number of piperidine rings is 1. The number of nitrogens with zero attached hydrogens (tertiary/aromatic N) is 2. The Morgan fingerprint density at radius 2 is 1.97 bits per heavy atom. The third-order valence-electron chi connectivity index (χ3n) is 6.39. The lowest BCUT2D eigenvalue weighted by molar-refractivity contribution is -0.136. The van der Waals surface area contributed by atoms with Crippen LogP contribution in [0.3, 0.4) is 0 Å². The molecule has 3 amide bonds. The Kier molecular flexibility index (Phi) is 5.00. The molecule has 3 unspecified atom stereocenters. The maximum absolute atomic E-state index is 14.9. The van der Waals surface area contributed by atoms with Crippen molar-refractivity contribution in [3.63, 3.8) is 0 Å². The third kappa shape index (κ3) is 4.99. The summed E-state index contributed by atoms with van der Waals surface area (Å²) in [6.45, 7) is -3.26. The smallest absolute Gasteiger partial charge is 0.255 e. The Morgan fingerprint density at radius 3 is 2.72 bits per heavy atom. The van der Waals surface area contributed by atoms with E-state index < -0.39 is 42.9 Å². The maximum atomic E-state index is 14.9. The number of fused-ring (bicyclic) bond motifs is 1. The van der Waals surface area contributed by atoms with Gasteiger partial charge < -0.3 is 15.0 Å². The van der Waals surface area contributed by atoms with Crippen molar-refractivity contribution in [3.8, 4) is 0 Å². The van der Waals surface area contributed by atoms with Crippen LogP contribution in [-0.2, 0) is 34.0 Å². The van der Waals surface area contributed by atoms with Crippen LogP contribution in [0.4, 0.5) is 10.1 Å². The van der Waals surface area contributed by atoms with Gasteiger partial charge >= 0.3 is 0 Å². The minimum atomic E-state index is -2.63. The van der Waals surface area contributed by atoms with Crippen molar-refractivity contribution in [2.45, 2.75) is 64.5 Å². The fraction of sp³-hybridized carbons (Fsp3) is 0.444. The lowest BCUT2D eigenvalue weighted by atomic mass is 10.0. The second kappa shape index (κ2) is 9.99. The molecule has 0 bridgehead atoms. The molecule has 3 aliphatic heterocycles. The minimum Gasteiger partial charge on any atom is -0.381 e. The molecule has 3 atom stereocenters. The van der Waals surface area contributed by atoms with Crippen LogP contribution in [0.5, 0.6) is 0 Å². The number of halogens is 1. The van der Waals surface area contributed by atoms with Crippen molar-refractivity contribution < 1.29 is 31.7 Å². The molecule has 5 rings (SSSR count). The van der Waals surface area contributed by atoms with Gasteiger partial charge in [0.2, 0.25) is 11.8 Å². The highest BCUT2D eigenvalue weighted by Gasteiger charge is 2.39. The van der Waals surface area contributed by atoms with E-state index in [2.05, 4.69) is 10.6 Å². The van der Waals surface area contributed by atoms with Gasteiger partial charge in [0.05, 0.1) is 14.9 Å². The summed E-state index contributed by atoms with van der Waals surface area (Å²) in [6.07, 6.45) is -4.16. The Bertz CT molecular complexity index is 1440. The number of amides is 3. The number of hydrogen-bond donors (Lipinski definition) is 2. The van der Waals surface area contributed by atoms with E-state index in [1.807, 2.05) is 0 Å². The first kappa shape index (κ1) is 18.0. The first-order chi connectivity index (χ1) is 19.5. The van der Waals surface area contributed by atoms with Gasteiger partial charge in [-0.2, -0.15) is 0 Å². The molecule has 8 nitrogen and oxygen atoms in total. The molecule has 0 aromatic heterocycles. The van der Waals surface area contributed by atoms with E-state index in [9.17, 15) is 18.8 Å². The molecule has 2 saturated heterocycles. The Labute approximate surface area is 218 Å². The van der Waals surface area contributed by atoms with Gasteiger partial charge in [-0.1, -0.05) is 12.1 Å². The van der Waals surface area contributed by atoms with Crippen molar-refractivity contribution in [2.75, 3.05) is 18.3 Å². The molecule has 3 aliphatic rings. The number of nitrogens with one attached hydrogen (secondary N) is 2. The number of anilines is 1. The fourth-order valence-corrected chi connectivity index (χ4v) is 4.75. The first-order valence-electron chi connectivity index (χ1n) is 14.7. The molecule has 0 spiro atoms. The zero-order valence-corrected chi connectivity index (χ0v) is 20.0. The molecule has 2 fully saturated rings. The van der Waals surface area contributed by atoms with Crippen LogP contribution < -0.4 is 10.6 Å². The summed E-state index contributed by atoms with van der Waals surface area (Å²) >= 11 is 0. The number of ether oxygens (including phenoxy) is 1. The number of morpholine rings is 1. The van der Waals surface area contributed by atoms with Gasteiger partial charge in [-0.05, 0) is 50.1 Å². The van der Waals surface area contributed by atoms with Gasteiger partial charge in [-0.25, -0.2) is 4.39 Å². The summed E-state index contributed by atoms with van der Waals surface area (Å²) in [5.41, 5.74) is 2.12. The molecule has 9 heteroatoms. The lowest BCUT2D eigenvalue weighted by Gasteiger charge is -2.35. The monoisotopic (exact) mass is 500 g/mol. The number of benzene rings is 2. The molecule has 0 aliphatic carbocycles.